The molecule has 100 valence electrons. The minimum Gasteiger partial charge on any atom is -0.397 e. The Balaban J connectivity index is 2.26. The SMILES string of the molecule is CCc1ccc(C(=O)Nc2c(N)ccc(F)c2F)s1. The first kappa shape index (κ1) is 13.5. The van der Waals surface area contributed by atoms with Crippen molar-refractivity contribution < 1.29 is 13.6 Å². The molecule has 2 aromatic rings. The fourth-order valence-corrected chi connectivity index (χ4v) is 2.40. The van der Waals surface area contributed by atoms with E-state index in [0.717, 1.165) is 17.4 Å². The largest absolute Gasteiger partial charge is 0.397 e. The third-order valence-corrected chi connectivity index (χ3v) is 3.83. The maximum Gasteiger partial charge on any atom is 0.265 e. The molecule has 0 aliphatic rings. The summed E-state index contributed by atoms with van der Waals surface area (Å²) in [5.41, 5.74) is 5.19. The van der Waals surface area contributed by atoms with Gasteiger partial charge >= 0.3 is 0 Å². The van der Waals surface area contributed by atoms with Crippen LogP contribution in [0.1, 0.15) is 21.5 Å². The smallest absolute Gasteiger partial charge is 0.265 e. The zero-order valence-electron chi connectivity index (χ0n) is 10.2. The Hall–Kier alpha value is -1.95. The molecule has 0 aliphatic heterocycles. The van der Waals surface area contributed by atoms with E-state index in [-0.39, 0.29) is 11.4 Å². The number of amides is 1. The van der Waals surface area contributed by atoms with Gasteiger partial charge in [0.05, 0.1) is 10.6 Å². The van der Waals surface area contributed by atoms with Crippen molar-refractivity contribution in [3.63, 3.8) is 0 Å². The lowest BCUT2D eigenvalue weighted by molar-refractivity contribution is 0.103. The van der Waals surface area contributed by atoms with Crippen LogP contribution in [0.4, 0.5) is 20.2 Å². The molecule has 0 spiro atoms. The summed E-state index contributed by atoms with van der Waals surface area (Å²) >= 11 is 1.31. The van der Waals surface area contributed by atoms with Gasteiger partial charge in [0.2, 0.25) is 0 Å². The van der Waals surface area contributed by atoms with Crippen molar-refractivity contribution >= 4 is 28.6 Å². The van der Waals surface area contributed by atoms with E-state index in [4.69, 9.17) is 5.73 Å². The molecule has 0 saturated carbocycles. The predicted octanol–water partition coefficient (Wildman–Crippen LogP) is 3.42. The highest BCUT2D eigenvalue weighted by atomic mass is 32.1. The average molecular weight is 282 g/mol. The molecule has 0 unspecified atom stereocenters. The fourth-order valence-electron chi connectivity index (χ4n) is 1.56. The number of rotatable bonds is 3. The maximum absolute atomic E-state index is 13.5. The van der Waals surface area contributed by atoms with Crippen molar-refractivity contribution in [1.82, 2.24) is 0 Å². The number of carbonyl (C=O) groups is 1. The maximum atomic E-state index is 13.5. The van der Waals surface area contributed by atoms with E-state index in [1.807, 2.05) is 13.0 Å². The number of hydrogen-bond donors (Lipinski definition) is 2. The molecule has 0 saturated heterocycles. The third-order valence-electron chi connectivity index (χ3n) is 2.60. The van der Waals surface area contributed by atoms with Crippen LogP contribution in [-0.4, -0.2) is 5.91 Å². The van der Waals surface area contributed by atoms with Crippen molar-refractivity contribution in [3.05, 3.63) is 45.7 Å². The molecule has 1 aromatic carbocycles. The van der Waals surface area contributed by atoms with E-state index in [0.29, 0.717) is 4.88 Å². The molecular formula is C13H12F2N2OS. The number of nitrogen functional groups attached to an aromatic ring is 1. The van der Waals surface area contributed by atoms with Gasteiger partial charge in [-0.1, -0.05) is 6.92 Å². The molecule has 1 aromatic heterocycles. The Labute approximate surface area is 113 Å². The molecule has 19 heavy (non-hydrogen) atoms. The second-order valence-electron chi connectivity index (χ2n) is 3.90. The van der Waals surface area contributed by atoms with E-state index in [1.165, 1.54) is 17.4 Å². The quantitative estimate of drug-likeness (QED) is 0.847. The minimum absolute atomic E-state index is 0.0143. The summed E-state index contributed by atoms with van der Waals surface area (Å²) in [6, 6.07) is 5.59. The molecule has 0 aliphatic carbocycles. The van der Waals surface area contributed by atoms with Crippen molar-refractivity contribution in [3.8, 4) is 0 Å². The Kier molecular flexibility index (Phi) is 3.80. The highest BCUT2D eigenvalue weighted by Crippen LogP contribution is 2.26. The Morgan fingerprint density at radius 2 is 2.05 bits per heavy atom. The summed E-state index contributed by atoms with van der Waals surface area (Å²) in [5.74, 6) is -2.70. The Bertz CT molecular complexity index is 625. The number of carbonyl (C=O) groups excluding carboxylic acids is 1. The van der Waals surface area contributed by atoms with Gasteiger partial charge in [-0.15, -0.1) is 11.3 Å². The summed E-state index contributed by atoms with van der Waals surface area (Å²) in [4.78, 5) is 13.4. The first-order chi connectivity index (χ1) is 9.02. The first-order valence-electron chi connectivity index (χ1n) is 5.66. The number of thiophene rings is 1. The summed E-state index contributed by atoms with van der Waals surface area (Å²) < 4.78 is 26.6. The van der Waals surface area contributed by atoms with Crippen molar-refractivity contribution in [1.29, 1.82) is 0 Å². The van der Waals surface area contributed by atoms with E-state index >= 15 is 0 Å². The molecule has 6 heteroatoms. The van der Waals surface area contributed by atoms with Crippen LogP contribution in [0.2, 0.25) is 0 Å². The van der Waals surface area contributed by atoms with Gasteiger partial charge < -0.3 is 11.1 Å². The lowest BCUT2D eigenvalue weighted by atomic mass is 10.2. The topological polar surface area (TPSA) is 55.1 Å². The van der Waals surface area contributed by atoms with Crippen LogP contribution in [0.5, 0.6) is 0 Å². The number of halogens is 2. The molecule has 3 nitrogen and oxygen atoms in total. The molecule has 0 atom stereocenters. The summed E-state index contributed by atoms with van der Waals surface area (Å²) in [6.45, 7) is 1.97. The number of benzene rings is 1. The zero-order valence-corrected chi connectivity index (χ0v) is 11.0. The van der Waals surface area contributed by atoms with Crippen molar-refractivity contribution in [2.24, 2.45) is 0 Å². The van der Waals surface area contributed by atoms with E-state index in [2.05, 4.69) is 5.32 Å². The highest BCUT2D eigenvalue weighted by molar-refractivity contribution is 7.14. The Morgan fingerprint density at radius 3 is 2.68 bits per heavy atom. The standard InChI is InChI=1S/C13H12F2N2OS/c1-2-7-3-6-10(19-7)13(18)17-12-9(16)5-4-8(14)11(12)15/h3-6H,2,16H2,1H3,(H,17,18). The lowest BCUT2D eigenvalue weighted by Gasteiger charge is -2.08. The monoisotopic (exact) mass is 282 g/mol. The second-order valence-corrected chi connectivity index (χ2v) is 5.07. The van der Waals surface area contributed by atoms with Crippen LogP contribution < -0.4 is 11.1 Å². The first-order valence-corrected chi connectivity index (χ1v) is 6.48. The van der Waals surface area contributed by atoms with Crippen LogP contribution in [0.25, 0.3) is 0 Å². The van der Waals surface area contributed by atoms with Crippen molar-refractivity contribution in [2.75, 3.05) is 11.1 Å². The Morgan fingerprint density at radius 1 is 1.32 bits per heavy atom. The number of anilines is 2. The van der Waals surface area contributed by atoms with Gasteiger partial charge in [0.25, 0.3) is 5.91 Å². The summed E-state index contributed by atoms with van der Waals surface area (Å²) in [5, 5.41) is 2.30. The van der Waals surface area contributed by atoms with Gasteiger partial charge in [0.15, 0.2) is 11.6 Å². The molecule has 1 amide bonds. The van der Waals surface area contributed by atoms with Gasteiger partial charge in [-0.25, -0.2) is 8.78 Å². The van der Waals surface area contributed by atoms with Gasteiger partial charge in [-0.3, -0.25) is 4.79 Å². The predicted molar refractivity (Wildman–Crippen MR) is 72.4 cm³/mol. The molecule has 3 N–H and O–H groups in total. The molecule has 0 fully saturated rings. The lowest BCUT2D eigenvalue weighted by Crippen LogP contribution is -2.13. The normalized spacial score (nSPS) is 10.5. The van der Waals surface area contributed by atoms with Gasteiger partial charge in [0, 0.05) is 4.88 Å². The number of nitrogens with two attached hydrogens (primary N) is 1. The van der Waals surface area contributed by atoms with Gasteiger partial charge in [-0.05, 0) is 30.7 Å². The van der Waals surface area contributed by atoms with Crippen LogP contribution in [0.15, 0.2) is 24.3 Å². The zero-order chi connectivity index (χ0) is 14.0. The van der Waals surface area contributed by atoms with Gasteiger partial charge in [0.1, 0.15) is 5.69 Å². The highest BCUT2D eigenvalue weighted by Gasteiger charge is 2.16. The van der Waals surface area contributed by atoms with Crippen LogP contribution in [-0.2, 0) is 6.42 Å². The van der Waals surface area contributed by atoms with E-state index in [9.17, 15) is 13.6 Å². The number of hydrogen-bond acceptors (Lipinski definition) is 3. The molecule has 0 radical (unpaired) electrons. The van der Waals surface area contributed by atoms with Crippen LogP contribution >= 0.6 is 11.3 Å². The second kappa shape index (κ2) is 5.36. The average Bonchev–Trinajstić information content (AvgIpc) is 2.88. The number of aryl methyl sites for hydroxylation is 1. The molecule has 0 bridgehead atoms. The van der Waals surface area contributed by atoms with Crippen LogP contribution in [0, 0.1) is 11.6 Å². The minimum atomic E-state index is -1.15. The van der Waals surface area contributed by atoms with Crippen LogP contribution in [0.3, 0.4) is 0 Å². The third kappa shape index (κ3) is 2.73. The van der Waals surface area contributed by atoms with E-state index in [1.54, 1.807) is 6.07 Å². The summed E-state index contributed by atoms with van der Waals surface area (Å²) in [6.07, 6.45) is 0.814. The van der Waals surface area contributed by atoms with Gasteiger partial charge in [-0.2, -0.15) is 0 Å². The molecule has 2 rings (SSSR count). The van der Waals surface area contributed by atoms with E-state index < -0.39 is 17.5 Å². The molecular weight excluding hydrogens is 270 g/mol. The summed E-state index contributed by atoms with van der Waals surface area (Å²) in [7, 11) is 0. The number of nitrogens with one attached hydrogen (secondary N) is 1. The van der Waals surface area contributed by atoms with Crippen molar-refractivity contribution in [2.45, 2.75) is 13.3 Å². The fraction of sp³-hybridized carbons (Fsp3) is 0.154. The molecule has 1 heterocycles.